The van der Waals surface area contributed by atoms with Gasteiger partial charge in [0.15, 0.2) is 14.6 Å². The molecule has 11 nitrogen and oxygen atoms in total. The fourth-order valence-electron chi connectivity index (χ4n) is 7.52. The molecule has 2 atom stereocenters. The maximum absolute atomic E-state index is 13.1. The number of ether oxygens (including phenoxy) is 6. The van der Waals surface area contributed by atoms with E-state index in [2.05, 4.69) is 108 Å². The van der Waals surface area contributed by atoms with Crippen LogP contribution in [0.25, 0.3) is 0 Å². The second kappa shape index (κ2) is 42.9. The van der Waals surface area contributed by atoms with Gasteiger partial charge in [0.1, 0.15) is 19.8 Å². The highest BCUT2D eigenvalue weighted by atomic mass is 28.4. The van der Waals surface area contributed by atoms with Crippen molar-refractivity contribution < 1.29 is 47.2 Å². The van der Waals surface area contributed by atoms with Gasteiger partial charge in [-0.25, -0.2) is 4.79 Å². The van der Waals surface area contributed by atoms with Crippen LogP contribution in [0.15, 0.2) is 48.6 Å². The van der Waals surface area contributed by atoms with Crippen LogP contribution in [0.5, 0.6) is 0 Å². The first kappa shape index (κ1) is 64.2. The Balaban J connectivity index is 2.68. The number of likely N-dealkylation sites (tertiary alicyclic amines) is 1. The zero-order chi connectivity index (χ0) is 50.7. The zero-order valence-corrected chi connectivity index (χ0v) is 46.4. The van der Waals surface area contributed by atoms with Crippen molar-refractivity contribution in [3.8, 4) is 0 Å². The third kappa shape index (κ3) is 37.6. The Hall–Kier alpha value is -2.77. The maximum atomic E-state index is 13.1. The Bertz CT molecular complexity index is 1370. The summed E-state index contributed by atoms with van der Waals surface area (Å²) in [5, 5.41) is 0.168. The van der Waals surface area contributed by atoms with E-state index in [-0.39, 0.29) is 49.8 Å². The van der Waals surface area contributed by atoms with E-state index >= 15 is 0 Å². The van der Waals surface area contributed by atoms with E-state index < -0.39 is 32.6 Å². The van der Waals surface area contributed by atoms with E-state index in [1.54, 1.807) is 0 Å². The number of allylic oxidation sites excluding steroid dienone is 8. The number of esters is 2. The van der Waals surface area contributed by atoms with Crippen molar-refractivity contribution in [2.24, 2.45) is 11.8 Å². The van der Waals surface area contributed by atoms with Crippen LogP contribution < -0.4 is 0 Å². The molecule has 12 heteroatoms. The van der Waals surface area contributed by atoms with Crippen LogP contribution >= 0.6 is 0 Å². The molecule has 1 fully saturated rings. The number of piperidine rings is 1. The van der Waals surface area contributed by atoms with Gasteiger partial charge >= 0.3 is 18.1 Å². The third-order valence-corrected chi connectivity index (χ3v) is 17.5. The Kier molecular flexibility index (Phi) is 39.9. The highest BCUT2D eigenvalue weighted by Gasteiger charge is 2.37. The van der Waals surface area contributed by atoms with Gasteiger partial charge in [0, 0.05) is 51.7 Å². The number of unbranched alkanes of at least 4 members (excludes halogenated alkanes) is 12. The molecule has 1 aliphatic rings. The second-order valence-corrected chi connectivity index (χ2v) is 25.3. The van der Waals surface area contributed by atoms with E-state index in [0.717, 1.165) is 129 Å². The summed E-state index contributed by atoms with van der Waals surface area (Å²) in [6.45, 7) is 22.4. The van der Waals surface area contributed by atoms with Crippen molar-refractivity contribution in [1.82, 2.24) is 4.90 Å². The lowest BCUT2D eigenvalue weighted by molar-refractivity contribution is -0.161. The van der Waals surface area contributed by atoms with Crippen molar-refractivity contribution in [3.05, 3.63) is 48.6 Å². The minimum absolute atomic E-state index is 0.0378. The van der Waals surface area contributed by atoms with Crippen LogP contribution in [0.2, 0.25) is 18.1 Å². The van der Waals surface area contributed by atoms with E-state index in [1.165, 1.54) is 25.7 Å². The molecular weight excluding hydrogens is 887 g/mol. The lowest BCUT2D eigenvalue weighted by Crippen LogP contribution is -2.44. The predicted octanol–water partition coefficient (Wildman–Crippen LogP) is 14.8. The quantitative estimate of drug-likeness (QED) is 0.0145. The summed E-state index contributed by atoms with van der Waals surface area (Å²) in [4.78, 5) is 41.2. The molecule has 0 aliphatic carbocycles. The number of hydrogen-bond donors (Lipinski definition) is 0. The molecule has 0 radical (unpaired) electrons. The topological polar surface area (TPSA) is 119 Å². The van der Waals surface area contributed by atoms with Gasteiger partial charge in [-0.3, -0.25) is 9.59 Å². The largest absolute Gasteiger partial charge is 0.508 e. The SMILES string of the molecule is CC/C=C\CCCCOC(CCC(=O)OCC(COC(=O)CCCCCCC/C=C\C/C=C\CCCCC)COC(=O)OCC1CCCN(CCO[Si](C)(C)C(C)(C)C)C1)OCCCC/C=C\CC. The summed E-state index contributed by atoms with van der Waals surface area (Å²) in [5.41, 5.74) is 0. The summed E-state index contributed by atoms with van der Waals surface area (Å²) in [7, 11) is -1.81. The number of rotatable bonds is 43. The van der Waals surface area contributed by atoms with Crippen LogP contribution in [-0.4, -0.2) is 103 Å². The first-order chi connectivity index (χ1) is 33.3. The lowest BCUT2D eigenvalue weighted by atomic mass is 9.99. The van der Waals surface area contributed by atoms with E-state index in [4.69, 9.17) is 32.8 Å². The Morgan fingerprint density at radius 1 is 0.623 bits per heavy atom. The summed E-state index contributed by atoms with van der Waals surface area (Å²) in [6.07, 6.45) is 39.5. The lowest BCUT2D eigenvalue weighted by Gasteiger charge is -2.38. The van der Waals surface area contributed by atoms with Crippen molar-refractivity contribution in [1.29, 1.82) is 0 Å². The summed E-state index contributed by atoms with van der Waals surface area (Å²) in [6, 6.07) is 0. The van der Waals surface area contributed by atoms with Gasteiger partial charge in [0.25, 0.3) is 0 Å². The van der Waals surface area contributed by atoms with Crippen LogP contribution in [0.3, 0.4) is 0 Å². The number of carbonyl (C=O) groups excluding carboxylic acids is 3. The monoisotopic (exact) mass is 990 g/mol. The molecule has 0 bridgehead atoms. The molecule has 1 saturated heterocycles. The molecule has 0 aromatic carbocycles. The highest BCUT2D eigenvalue weighted by molar-refractivity contribution is 6.74. The third-order valence-electron chi connectivity index (χ3n) is 13.0. The first-order valence-electron chi connectivity index (χ1n) is 27.6. The van der Waals surface area contributed by atoms with Gasteiger partial charge in [-0.15, -0.1) is 0 Å². The summed E-state index contributed by atoms with van der Waals surface area (Å²) >= 11 is 0. The van der Waals surface area contributed by atoms with Gasteiger partial charge in [-0.05, 0) is 127 Å². The minimum Gasteiger partial charge on any atom is -0.465 e. The average Bonchev–Trinajstić information content (AvgIpc) is 3.32. The number of hydrogen-bond acceptors (Lipinski definition) is 11. The van der Waals surface area contributed by atoms with Gasteiger partial charge in [-0.2, -0.15) is 0 Å². The molecule has 0 aromatic heterocycles. The van der Waals surface area contributed by atoms with Crippen molar-refractivity contribution in [2.75, 3.05) is 65.9 Å². The fourth-order valence-corrected chi connectivity index (χ4v) is 8.55. The normalized spacial score (nSPS) is 15.6. The Labute approximate surface area is 423 Å². The van der Waals surface area contributed by atoms with Gasteiger partial charge in [0.05, 0.1) is 18.9 Å². The molecule has 0 aromatic rings. The molecule has 1 aliphatic heterocycles. The van der Waals surface area contributed by atoms with E-state index in [1.807, 2.05) is 0 Å². The molecule has 0 saturated carbocycles. The molecule has 0 amide bonds. The number of carbonyl (C=O) groups is 3. The molecule has 2 unspecified atom stereocenters. The first-order valence-corrected chi connectivity index (χ1v) is 30.5. The number of nitrogens with zero attached hydrogens (tertiary/aromatic N) is 1. The fraction of sp³-hybridized carbons (Fsp3) is 0.807. The van der Waals surface area contributed by atoms with Crippen molar-refractivity contribution in [3.63, 3.8) is 0 Å². The van der Waals surface area contributed by atoms with Crippen molar-refractivity contribution in [2.45, 2.75) is 220 Å². The molecule has 1 heterocycles. The van der Waals surface area contributed by atoms with Crippen LogP contribution in [0.4, 0.5) is 4.79 Å². The second-order valence-electron chi connectivity index (χ2n) is 20.5. The standard InChI is InChI=1S/C57H103NO10Si/c1-9-12-15-18-21-22-23-24-25-26-27-28-29-30-33-38-53(59)64-48-52(50-67-56(61)66-47-51-37-36-41-58(46-51)42-45-68-69(7,8)57(4,5)6)49-65-54(60)39-40-55(62-43-34-31-19-16-13-10-2)63-44-35-32-20-17-14-11-3/h13-14,16-17,21-22,24-25,51-52,55H,9-12,15,18-20,23,26-50H2,1-8H3/b16-13-,17-14-,22-21-,25-24-. The van der Waals surface area contributed by atoms with Gasteiger partial charge in [-0.1, -0.05) is 122 Å². The molecule has 1 rings (SSSR count). The van der Waals surface area contributed by atoms with Crippen LogP contribution in [-0.2, 0) is 42.4 Å². The highest BCUT2D eigenvalue weighted by Crippen LogP contribution is 2.36. The van der Waals surface area contributed by atoms with Gasteiger partial charge < -0.3 is 37.7 Å². The van der Waals surface area contributed by atoms with Crippen molar-refractivity contribution >= 4 is 26.4 Å². The van der Waals surface area contributed by atoms with E-state index in [9.17, 15) is 14.4 Å². The summed E-state index contributed by atoms with van der Waals surface area (Å²) < 4.78 is 41.1. The molecule has 0 spiro atoms. The predicted molar refractivity (Wildman–Crippen MR) is 286 cm³/mol. The smallest absolute Gasteiger partial charge is 0.465 e. The van der Waals surface area contributed by atoms with Crippen LogP contribution in [0, 0.1) is 11.8 Å². The van der Waals surface area contributed by atoms with Crippen LogP contribution in [0.1, 0.15) is 196 Å². The molecule has 400 valence electrons. The average molecular weight is 991 g/mol. The maximum Gasteiger partial charge on any atom is 0.508 e. The molecule has 69 heavy (non-hydrogen) atoms. The summed E-state index contributed by atoms with van der Waals surface area (Å²) in [5.74, 6) is -1.07. The van der Waals surface area contributed by atoms with E-state index in [0.29, 0.717) is 32.7 Å². The zero-order valence-electron chi connectivity index (χ0n) is 45.4. The minimum atomic E-state index is -1.81. The Morgan fingerprint density at radius 3 is 1.75 bits per heavy atom. The molecule has 0 N–H and O–H groups in total. The Morgan fingerprint density at radius 2 is 1.16 bits per heavy atom. The van der Waals surface area contributed by atoms with Gasteiger partial charge in [0.2, 0.25) is 0 Å². The molecular formula is C57H103NO10Si.